The summed E-state index contributed by atoms with van der Waals surface area (Å²) in [6.07, 6.45) is 5.62. The van der Waals surface area contributed by atoms with E-state index in [0.29, 0.717) is 10.8 Å². The van der Waals surface area contributed by atoms with Gasteiger partial charge in [-0.2, -0.15) is 0 Å². The molecule has 1 unspecified atom stereocenters. The van der Waals surface area contributed by atoms with Gasteiger partial charge in [0.2, 0.25) is 0 Å². The fourth-order valence-electron chi connectivity index (χ4n) is 2.77. The number of carboxylic acid groups (broad SMARTS) is 1. The number of rotatable bonds is 4. The lowest BCUT2D eigenvalue weighted by molar-refractivity contribution is -0.138. The lowest BCUT2D eigenvalue weighted by Crippen LogP contribution is -2.32. The molecule has 2 rings (SSSR count). The van der Waals surface area contributed by atoms with Crippen molar-refractivity contribution < 1.29 is 14.6 Å². The molecule has 1 atom stereocenters. The van der Waals surface area contributed by atoms with E-state index in [4.69, 9.17) is 27.2 Å². The maximum absolute atomic E-state index is 10.9. The molecule has 0 heterocycles. The number of nitrogens with two attached hydrogens (primary N) is 1. The topological polar surface area (TPSA) is 72.5 Å². The summed E-state index contributed by atoms with van der Waals surface area (Å²) in [6, 6.07) is 1.08. The Morgan fingerprint density at radius 1 is 1.45 bits per heavy atom. The number of carboxylic acids is 1. The first kappa shape index (κ1) is 15.1. The molecule has 5 heteroatoms. The fourth-order valence-corrected chi connectivity index (χ4v) is 3.18. The Hall–Kier alpha value is -1.26. The summed E-state index contributed by atoms with van der Waals surface area (Å²) >= 11 is 6.45. The highest BCUT2D eigenvalue weighted by atomic mass is 35.5. The standard InChI is InChI=1S/C15H20ClNO3/c1-20-14-10(8-12(17)15(18)19)7-9-5-3-2-4-6-11(9)13(14)16/h7,12H,2-6,8,17H2,1H3,(H,18,19). The van der Waals surface area contributed by atoms with Gasteiger partial charge in [0.15, 0.2) is 0 Å². The van der Waals surface area contributed by atoms with Crippen molar-refractivity contribution >= 4 is 17.6 Å². The monoisotopic (exact) mass is 297 g/mol. The molecule has 1 aromatic rings. The van der Waals surface area contributed by atoms with Gasteiger partial charge in [0.1, 0.15) is 11.8 Å². The molecule has 20 heavy (non-hydrogen) atoms. The van der Waals surface area contributed by atoms with Gasteiger partial charge in [0.05, 0.1) is 12.1 Å². The summed E-state index contributed by atoms with van der Waals surface area (Å²) in [7, 11) is 1.56. The van der Waals surface area contributed by atoms with Crippen LogP contribution in [-0.2, 0) is 24.1 Å². The molecule has 3 N–H and O–H groups in total. The van der Waals surface area contributed by atoms with Gasteiger partial charge in [-0.05, 0) is 42.4 Å². The largest absolute Gasteiger partial charge is 0.495 e. The van der Waals surface area contributed by atoms with Gasteiger partial charge in [0, 0.05) is 6.42 Å². The zero-order valence-corrected chi connectivity index (χ0v) is 12.4. The molecule has 0 bridgehead atoms. The number of hydrogen-bond donors (Lipinski definition) is 2. The van der Waals surface area contributed by atoms with Crippen LogP contribution < -0.4 is 10.5 Å². The van der Waals surface area contributed by atoms with Crippen LogP contribution in [0.4, 0.5) is 0 Å². The highest BCUT2D eigenvalue weighted by molar-refractivity contribution is 6.33. The molecule has 110 valence electrons. The molecule has 0 aliphatic heterocycles. The number of aliphatic carboxylic acids is 1. The second-order valence-corrected chi connectivity index (χ2v) is 5.61. The number of benzene rings is 1. The third-order valence-corrected chi connectivity index (χ3v) is 4.23. The molecule has 0 fully saturated rings. The molecule has 0 aromatic heterocycles. The summed E-state index contributed by atoms with van der Waals surface area (Å²) in [5.74, 6) is -0.442. The molecule has 4 nitrogen and oxygen atoms in total. The van der Waals surface area contributed by atoms with Gasteiger partial charge in [0.25, 0.3) is 0 Å². The van der Waals surface area contributed by atoms with Gasteiger partial charge < -0.3 is 15.6 Å². The Kier molecular flexibility index (Phi) is 4.89. The first-order valence-electron chi connectivity index (χ1n) is 6.90. The second kappa shape index (κ2) is 6.46. The highest BCUT2D eigenvalue weighted by Crippen LogP contribution is 2.38. The van der Waals surface area contributed by atoms with Crippen LogP contribution in [-0.4, -0.2) is 24.2 Å². The minimum absolute atomic E-state index is 0.228. The van der Waals surface area contributed by atoms with E-state index in [0.717, 1.165) is 36.8 Å². The fraction of sp³-hybridized carbons (Fsp3) is 0.533. The van der Waals surface area contributed by atoms with Gasteiger partial charge in [-0.3, -0.25) is 4.79 Å². The quantitative estimate of drug-likeness (QED) is 0.838. The van der Waals surface area contributed by atoms with Crippen molar-refractivity contribution in [2.75, 3.05) is 7.11 Å². The van der Waals surface area contributed by atoms with E-state index in [9.17, 15) is 4.79 Å². The van der Waals surface area contributed by atoms with Crippen molar-refractivity contribution in [3.8, 4) is 5.75 Å². The number of aryl methyl sites for hydroxylation is 1. The second-order valence-electron chi connectivity index (χ2n) is 5.23. The van der Waals surface area contributed by atoms with Gasteiger partial charge in [-0.15, -0.1) is 0 Å². The molecule has 0 saturated heterocycles. The van der Waals surface area contributed by atoms with Crippen LogP contribution in [0.15, 0.2) is 6.07 Å². The summed E-state index contributed by atoms with van der Waals surface area (Å²) in [6.45, 7) is 0. The number of ether oxygens (including phenoxy) is 1. The maximum Gasteiger partial charge on any atom is 0.320 e. The molecule has 0 radical (unpaired) electrons. The first-order chi connectivity index (χ1) is 9.54. The van der Waals surface area contributed by atoms with Gasteiger partial charge in [-0.25, -0.2) is 0 Å². The van der Waals surface area contributed by atoms with Crippen molar-refractivity contribution in [1.29, 1.82) is 0 Å². The third kappa shape index (κ3) is 3.07. The minimum Gasteiger partial charge on any atom is -0.495 e. The van der Waals surface area contributed by atoms with Crippen molar-refractivity contribution in [3.05, 3.63) is 27.8 Å². The lowest BCUT2D eigenvalue weighted by Gasteiger charge is -2.18. The van der Waals surface area contributed by atoms with E-state index in [-0.39, 0.29) is 6.42 Å². The van der Waals surface area contributed by atoms with Crippen LogP contribution in [0.5, 0.6) is 5.75 Å². The van der Waals surface area contributed by atoms with Gasteiger partial charge in [-0.1, -0.05) is 24.1 Å². The molecule has 1 aliphatic rings. The Balaban J connectivity index is 2.43. The summed E-state index contributed by atoms with van der Waals surface area (Å²) in [5.41, 5.74) is 8.77. The molecule has 0 spiro atoms. The van der Waals surface area contributed by atoms with Crippen molar-refractivity contribution in [3.63, 3.8) is 0 Å². The van der Waals surface area contributed by atoms with E-state index >= 15 is 0 Å². The van der Waals surface area contributed by atoms with E-state index < -0.39 is 12.0 Å². The SMILES string of the molecule is COc1c(CC(N)C(=O)O)cc2c(c1Cl)CCCCC2. The zero-order valence-electron chi connectivity index (χ0n) is 11.6. The predicted molar refractivity (Wildman–Crippen MR) is 78.6 cm³/mol. The number of fused-ring (bicyclic) bond motifs is 1. The van der Waals surface area contributed by atoms with Crippen LogP contribution in [0.1, 0.15) is 36.0 Å². The van der Waals surface area contributed by atoms with Crippen LogP contribution in [0, 0.1) is 0 Å². The molecule has 1 aromatic carbocycles. The average molecular weight is 298 g/mol. The molecular formula is C15H20ClNO3. The Bertz CT molecular complexity index is 516. The Labute approximate surface area is 123 Å². The number of halogens is 1. The van der Waals surface area contributed by atoms with E-state index in [2.05, 4.69) is 0 Å². The molecule has 1 aliphatic carbocycles. The van der Waals surface area contributed by atoms with E-state index in [1.165, 1.54) is 12.0 Å². The van der Waals surface area contributed by atoms with Crippen molar-refractivity contribution in [2.45, 2.75) is 44.6 Å². The summed E-state index contributed by atoms with van der Waals surface area (Å²) in [4.78, 5) is 10.9. The normalized spacial score (nSPS) is 16.1. The average Bonchev–Trinajstić information content (AvgIpc) is 2.64. The molecule has 0 amide bonds. The third-order valence-electron chi connectivity index (χ3n) is 3.83. The molecule has 0 saturated carbocycles. The highest BCUT2D eigenvalue weighted by Gasteiger charge is 2.22. The van der Waals surface area contributed by atoms with Crippen LogP contribution in [0.25, 0.3) is 0 Å². The van der Waals surface area contributed by atoms with Gasteiger partial charge >= 0.3 is 5.97 Å². The van der Waals surface area contributed by atoms with Crippen LogP contribution in [0.3, 0.4) is 0 Å². The Morgan fingerprint density at radius 2 is 2.15 bits per heavy atom. The van der Waals surface area contributed by atoms with E-state index in [1.54, 1.807) is 7.11 Å². The number of carbonyl (C=O) groups is 1. The van der Waals surface area contributed by atoms with Crippen LogP contribution >= 0.6 is 11.6 Å². The first-order valence-corrected chi connectivity index (χ1v) is 7.28. The summed E-state index contributed by atoms with van der Waals surface area (Å²) < 4.78 is 5.38. The summed E-state index contributed by atoms with van der Waals surface area (Å²) in [5, 5.41) is 9.59. The Morgan fingerprint density at radius 3 is 2.80 bits per heavy atom. The smallest absolute Gasteiger partial charge is 0.320 e. The van der Waals surface area contributed by atoms with E-state index in [1.807, 2.05) is 6.07 Å². The van der Waals surface area contributed by atoms with Crippen molar-refractivity contribution in [1.82, 2.24) is 0 Å². The number of hydrogen-bond acceptors (Lipinski definition) is 3. The molecular weight excluding hydrogens is 278 g/mol. The lowest BCUT2D eigenvalue weighted by atomic mass is 9.95. The predicted octanol–water partition coefficient (Wildman–Crippen LogP) is 2.57. The maximum atomic E-state index is 10.9. The zero-order chi connectivity index (χ0) is 14.7. The van der Waals surface area contributed by atoms with Crippen LogP contribution in [0.2, 0.25) is 5.02 Å². The number of methoxy groups -OCH3 is 1. The van der Waals surface area contributed by atoms with Crippen molar-refractivity contribution in [2.24, 2.45) is 5.73 Å². The minimum atomic E-state index is -1.02.